The monoisotopic (exact) mass is 428 g/mol. The fraction of sp³-hybridized carbons (Fsp3) is 0.364. The predicted molar refractivity (Wildman–Crippen MR) is 110 cm³/mol. The van der Waals surface area contributed by atoms with Crippen molar-refractivity contribution in [3.05, 3.63) is 65.7 Å². The summed E-state index contributed by atoms with van der Waals surface area (Å²) in [6, 6.07) is 14.6. The Morgan fingerprint density at radius 3 is 2.20 bits per heavy atom. The number of esters is 1. The van der Waals surface area contributed by atoms with Crippen LogP contribution < -0.4 is 5.32 Å². The van der Waals surface area contributed by atoms with Gasteiger partial charge in [-0.2, -0.15) is 4.31 Å². The lowest BCUT2D eigenvalue weighted by Gasteiger charge is -2.18. The number of benzene rings is 2. The van der Waals surface area contributed by atoms with Crippen molar-refractivity contribution >= 4 is 21.9 Å². The molecule has 7 nitrogen and oxygen atoms in total. The maximum absolute atomic E-state index is 12.7. The molecule has 1 aliphatic carbocycles. The zero-order valence-electron chi connectivity index (χ0n) is 16.5. The van der Waals surface area contributed by atoms with Crippen LogP contribution in [0.15, 0.2) is 59.5 Å². The van der Waals surface area contributed by atoms with Gasteiger partial charge in [0.1, 0.15) is 0 Å². The van der Waals surface area contributed by atoms with Crippen LogP contribution >= 0.6 is 0 Å². The van der Waals surface area contributed by atoms with Gasteiger partial charge in [0.15, 0.2) is 0 Å². The van der Waals surface area contributed by atoms with E-state index in [0.717, 1.165) is 25.7 Å². The normalized spacial score (nSPS) is 18.0. The molecule has 2 aromatic carbocycles. The molecule has 8 heteroatoms. The van der Waals surface area contributed by atoms with E-state index < -0.39 is 22.1 Å². The van der Waals surface area contributed by atoms with Crippen molar-refractivity contribution in [1.82, 2.24) is 9.62 Å². The number of ether oxygens (including phenoxy) is 1. The van der Waals surface area contributed by atoms with Crippen molar-refractivity contribution in [3.8, 4) is 0 Å². The van der Waals surface area contributed by atoms with E-state index in [-0.39, 0.29) is 22.4 Å². The summed E-state index contributed by atoms with van der Waals surface area (Å²) in [7, 11) is -3.55. The number of sulfonamides is 1. The standard InChI is InChI=1S/C22H24N2O5S/c25-21(23-18-10-11-18)20(16-6-2-1-3-7-16)29-22(26)17-8-12-19(13-9-17)30(27,28)24-14-4-5-15-24/h1-3,6-9,12-13,18,20H,4-5,10-11,14-15H2,(H,23,25). The molecule has 1 saturated heterocycles. The molecule has 1 aliphatic heterocycles. The molecule has 0 spiro atoms. The molecule has 1 atom stereocenters. The van der Waals surface area contributed by atoms with Crippen LogP contribution in [0.25, 0.3) is 0 Å². The van der Waals surface area contributed by atoms with Crippen molar-refractivity contribution in [2.45, 2.75) is 42.7 Å². The smallest absolute Gasteiger partial charge is 0.339 e. The second-order valence-electron chi connectivity index (χ2n) is 7.61. The maximum Gasteiger partial charge on any atom is 0.339 e. The molecule has 2 aliphatic rings. The van der Waals surface area contributed by atoms with E-state index in [2.05, 4.69) is 5.32 Å². The summed E-state index contributed by atoms with van der Waals surface area (Å²) in [5.41, 5.74) is 0.771. The van der Waals surface area contributed by atoms with E-state index in [9.17, 15) is 18.0 Å². The van der Waals surface area contributed by atoms with Gasteiger partial charge in [0.05, 0.1) is 10.5 Å². The second-order valence-corrected chi connectivity index (χ2v) is 9.55. The van der Waals surface area contributed by atoms with Crippen LogP contribution in [0, 0.1) is 0 Å². The van der Waals surface area contributed by atoms with Crippen molar-refractivity contribution < 1.29 is 22.7 Å². The molecule has 1 N–H and O–H groups in total. The molecule has 1 saturated carbocycles. The Morgan fingerprint density at radius 1 is 0.967 bits per heavy atom. The number of hydrogen-bond acceptors (Lipinski definition) is 5. The van der Waals surface area contributed by atoms with E-state index in [1.54, 1.807) is 24.3 Å². The Labute approximate surface area is 176 Å². The molecule has 30 heavy (non-hydrogen) atoms. The van der Waals surface area contributed by atoms with E-state index in [1.165, 1.54) is 28.6 Å². The molecule has 1 amide bonds. The molecular weight excluding hydrogens is 404 g/mol. The number of hydrogen-bond donors (Lipinski definition) is 1. The summed E-state index contributed by atoms with van der Waals surface area (Å²) < 4.78 is 32.2. The Balaban J connectivity index is 1.50. The quantitative estimate of drug-likeness (QED) is 0.685. The van der Waals surface area contributed by atoms with Gasteiger partial charge in [-0.25, -0.2) is 13.2 Å². The van der Waals surface area contributed by atoms with Crippen LogP contribution in [-0.4, -0.2) is 43.7 Å². The molecule has 2 aromatic rings. The number of carbonyl (C=O) groups is 2. The maximum atomic E-state index is 12.7. The van der Waals surface area contributed by atoms with Crippen molar-refractivity contribution in [2.75, 3.05) is 13.1 Å². The number of rotatable bonds is 7. The molecule has 0 bridgehead atoms. The Hall–Kier alpha value is -2.71. The van der Waals surface area contributed by atoms with Crippen molar-refractivity contribution in [1.29, 1.82) is 0 Å². The lowest BCUT2D eigenvalue weighted by Crippen LogP contribution is -2.33. The number of nitrogens with one attached hydrogen (secondary N) is 1. The fourth-order valence-corrected chi connectivity index (χ4v) is 4.94. The third-order valence-electron chi connectivity index (χ3n) is 5.28. The van der Waals surface area contributed by atoms with Crippen LogP contribution in [0.2, 0.25) is 0 Å². The van der Waals surface area contributed by atoms with Crippen LogP contribution in [0.1, 0.15) is 47.7 Å². The van der Waals surface area contributed by atoms with Gasteiger partial charge in [0, 0.05) is 24.7 Å². The van der Waals surface area contributed by atoms with Crippen LogP contribution in [0.3, 0.4) is 0 Å². The highest BCUT2D eigenvalue weighted by atomic mass is 32.2. The zero-order valence-corrected chi connectivity index (χ0v) is 17.3. The molecular formula is C22H24N2O5S. The summed E-state index contributed by atoms with van der Waals surface area (Å²) in [6.07, 6.45) is 2.50. The Bertz CT molecular complexity index is 1010. The second kappa shape index (κ2) is 8.57. The summed E-state index contributed by atoms with van der Waals surface area (Å²) in [4.78, 5) is 25.5. The van der Waals surface area contributed by atoms with Crippen molar-refractivity contribution in [3.63, 3.8) is 0 Å². The summed E-state index contributed by atoms with van der Waals surface area (Å²) in [6.45, 7) is 1.03. The minimum Gasteiger partial charge on any atom is -0.444 e. The molecule has 1 unspecified atom stereocenters. The van der Waals surface area contributed by atoms with Gasteiger partial charge in [-0.05, 0) is 49.9 Å². The summed E-state index contributed by atoms with van der Waals surface area (Å²) in [5.74, 6) is -1.04. The Morgan fingerprint density at radius 2 is 1.60 bits per heavy atom. The molecule has 158 valence electrons. The van der Waals surface area contributed by atoms with Gasteiger partial charge < -0.3 is 10.1 Å². The first kappa shape index (κ1) is 20.6. The first-order chi connectivity index (χ1) is 14.4. The summed E-state index contributed by atoms with van der Waals surface area (Å²) >= 11 is 0. The van der Waals surface area contributed by atoms with Gasteiger partial charge in [-0.3, -0.25) is 4.79 Å². The zero-order chi connectivity index (χ0) is 21.1. The van der Waals surface area contributed by atoms with E-state index >= 15 is 0 Å². The fourth-order valence-electron chi connectivity index (χ4n) is 3.42. The largest absolute Gasteiger partial charge is 0.444 e. The topological polar surface area (TPSA) is 92.8 Å². The Kier molecular flexibility index (Phi) is 5.87. The molecule has 2 fully saturated rings. The lowest BCUT2D eigenvalue weighted by atomic mass is 10.1. The first-order valence-corrected chi connectivity index (χ1v) is 11.6. The highest BCUT2D eigenvalue weighted by Gasteiger charge is 2.31. The predicted octanol–water partition coefficient (Wildman–Crippen LogP) is 2.65. The molecule has 0 radical (unpaired) electrons. The van der Waals surface area contributed by atoms with E-state index in [0.29, 0.717) is 18.7 Å². The minimum atomic E-state index is -3.55. The highest BCUT2D eigenvalue weighted by molar-refractivity contribution is 7.89. The lowest BCUT2D eigenvalue weighted by molar-refractivity contribution is -0.130. The highest BCUT2D eigenvalue weighted by Crippen LogP contribution is 2.25. The number of amides is 1. The third-order valence-corrected chi connectivity index (χ3v) is 7.19. The van der Waals surface area contributed by atoms with Crippen LogP contribution in [0.4, 0.5) is 0 Å². The minimum absolute atomic E-state index is 0.137. The van der Waals surface area contributed by atoms with Crippen LogP contribution in [-0.2, 0) is 19.6 Å². The van der Waals surface area contributed by atoms with E-state index in [1.807, 2.05) is 6.07 Å². The van der Waals surface area contributed by atoms with Crippen molar-refractivity contribution in [2.24, 2.45) is 0 Å². The van der Waals surface area contributed by atoms with Gasteiger partial charge >= 0.3 is 5.97 Å². The molecule has 1 heterocycles. The molecule has 4 rings (SSSR count). The average Bonchev–Trinajstić information content (AvgIpc) is 3.39. The van der Waals surface area contributed by atoms with Crippen LogP contribution in [0.5, 0.6) is 0 Å². The van der Waals surface area contributed by atoms with Gasteiger partial charge in [-0.1, -0.05) is 30.3 Å². The average molecular weight is 429 g/mol. The molecule has 0 aromatic heterocycles. The number of carbonyl (C=O) groups excluding carboxylic acids is 2. The van der Waals surface area contributed by atoms with Gasteiger partial charge in [0.25, 0.3) is 5.91 Å². The van der Waals surface area contributed by atoms with Gasteiger partial charge in [0.2, 0.25) is 16.1 Å². The third kappa shape index (κ3) is 4.55. The summed E-state index contributed by atoms with van der Waals surface area (Å²) in [5, 5.41) is 2.87. The number of nitrogens with zero attached hydrogens (tertiary/aromatic N) is 1. The first-order valence-electron chi connectivity index (χ1n) is 10.1. The van der Waals surface area contributed by atoms with E-state index in [4.69, 9.17) is 4.74 Å². The SMILES string of the molecule is O=C(OC(C(=O)NC1CC1)c1ccccc1)c1ccc(S(=O)(=O)N2CCCC2)cc1. The van der Waals surface area contributed by atoms with Gasteiger partial charge in [-0.15, -0.1) is 0 Å².